The van der Waals surface area contributed by atoms with Crippen LogP contribution in [0.2, 0.25) is 10.0 Å². The monoisotopic (exact) mass is 365 g/mol. The fourth-order valence-corrected chi connectivity index (χ4v) is 2.92. The molecule has 1 aliphatic rings. The van der Waals surface area contributed by atoms with Crippen molar-refractivity contribution in [2.75, 3.05) is 38.5 Å². The van der Waals surface area contributed by atoms with Crippen molar-refractivity contribution in [3.63, 3.8) is 0 Å². The van der Waals surface area contributed by atoms with Gasteiger partial charge in [-0.2, -0.15) is 0 Å². The van der Waals surface area contributed by atoms with Crippen molar-refractivity contribution in [1.29, 1.82) is 0 Å². The molecule has 0 radical (unpaired) electrons. The number of hydrogen-bond acceptors (Lipinski definition) is 5. The van der Waals surface area contributed by atoms with Crippen molar-refractivity contribution in [3.8, 4) is 0 Å². The summed E-state index contributed by atoms with van der Waals surface area (Å²) in [7, 11) is 2.05. The van der Waals surface area contributed by atoms with Gasteiger partial charge in [0.2, 0.25) is 5.95 Å². The summed E-state index contributed by atoms with van der Waals surface area (Å²) >= 11 is 12.2. The van der Waals surface area contributed by atoms with E-state index in [4.69, 9.17) is 23.2 Å². The zero-order valence-corrected chi connectivity index (χ0v) is 14.7. The lowest BCUT2D eigenvalue weighted by molar-refractivity contribution is 0.0663. The average molecular weight is 366 g/mol. The molecular weight excluding hydrogens is 349 g/mol. The van der Waals surface area contributed by atoms with Gasteiger partial charge in [-0.05, 0) is 19.2 Å². The van der Waals surface area contributed by atoms with Crippen molar-refractivity contribution < 1.29 is 4.79 Å². The number of hydrogen-bond donors (Lipinski definition) is 1. The molecule has 1 aromatic carbocycles. The third-order valence-electron chi connectivity index (χ3n) is 3.89. The fraction of sp³-hybridized carbons (Fsp3) is 0.312. The molecule has 0 aliphatic carbocycles. The molecule has 24 heavy (non-hydrogen) atoms. The Labute approximate surface area is 150 Å². The quantitative estimate of drug-likeness (QED) is 0.905. The maximum atomic E-state index is 12.4. The van der Waals surface area contributed by atoms with Gasteiger partial charge in [0.05, 0.1) is 21.3 Å². The van der Waals surface area contributed by atoms with E-state index in [0.717, 1.165) is 13.1 Å². The number of likely N-dealkylation sites (N-methyl/N-ethyl adjacent to an activating group) is 1. The Balaban J connectivity index is 1.70. The number of benzene rings is 1. The number of anilines is 2. The predicted octanol–water partition coefficient (Wildman–Crippen LogP) is 2.91. The first-order chi connectivity index (χ1) is 11.5. The number of rotatable bonds is 3. The van der Waals surface area contributed by atoms with Crippen molar-refractivity contribution in [2.24, 2.45) is 0 Å². The van der Waals surface area contributed by atoms with Crippen LogP contribution >= 0.6 is 23.2 Å². The van der Waals surface area contributed by atoms with Crippen LogP contribution in [0, 0.1) is 0 Å². The van der Waals surface area contributed by atoms with Crippen molar-refractivity contribution in [2.45, 2.75) is 0 Å². The average Bonchev–Trinajstić information content (AvgIpc) is 2.59. The Morgan fingerprint density at radius 1 is 1.08 bits per heavy atom. The van der Waals surface area contributed by atoms with Crippen LogP contribution in [0.5, 0.6) is 0 Å². The van der Waals surface area contributed by atoms with Gasteiger partial charge in [-0.3, -0.25) is 4.79 Å². The van der Waals surface area contributed by atoms with Crippen LogP contribution in [-0.2, 0) is 0 Å². The standard InChI is InChI=1S/C16H17Cl2N5O/c1-22-5-7-23(8-6-22)15(24)11-9-19-16(20-10-11)21-14-12(17)3-2-4-13(14)18/h2-4,9-10H,5-8H2,1H3,(H,19,20,21). The molecule has 1 aromatic heterocycles. The molecule has 1 aliphatic heterocycles. The number of para-hydroxylation sites is 1. The normalized spacial score (nSPS) is 15.4. The van der Waals surface area contributed by atoms with Crippen LogP contribution < -0.4 is 5.32 Å². The molecule has 1 saturated heterocycles. The molecule has 0 bridgehead atoms. The minimum Gasteiger partial charge on any atom is -0.336 e. The molecule has 8 heteroatoms. The molecular formula is C16H17Cl2N5O. The molecule has 0 unspecified atom stereocenters. The van der Waals surface area contributed by atoms with Gasteiger partial charge < -0.3 is 15.1 Å². The van der Waals surface area contributed by atoms with Gasteiger partial charge in [-0.15, -0.1) is 0 Å². The lowest BCUT2D eigenvalue weighted by Gasteiger charge is -2.32. The maximum Gasteiger partial charge on any atom is 0.257 e. The molecule has 6 nitrogen and oxygen atoms in total. The highest BCUT2D eigenvalue weighted by atomic mass is 35.5. The lowest BCUT2D eigenvalue weighted by Crippen LogP contribution is -2.47. The predicted molar refractivity (Wildman–Crippen MR) is 95.2 cm³/mol. The molecule has 2 heterocycles. The Bertz CT molecular complexity index is 709. The molecule has 1 fully saturated rings. The lowest BCUT2D eigenvalue weighted by atomic mass is 10.2. The van der Waals surface area contributed by atoms with Crippen LogP contribution in [0.25, 0.3) is 0 Å². The first-order valence-corrected chi connectivity index (χ1v) is 8.31. The maximum absolute atomic E-state index is 12.4. The zero-order chi connectivity index (χ0) is 17.1. The Morgan fingerprint density at radius 3 is 2.25 bits per heavy atom. The van der Waals surface area contributed by atoms with Crippen LogP contribution in [-0.4, -0.2) is 58.9 Å². The molecule has 1 amide bonds. The van der Waals surface area contributed by atoms with Gasteiger partial charge in [0.15, 0.2) is 0 Å². The number of carbonyl (C=O) groups is 1. The van der Waals surface area contributed by atoms with Crippen molar-refractivity contribution in [1.82, 2.24) is 19.8 Å². The van der Waals surface area contributed by atoms with Gasteiger partial charge in [-0.1, -0.05) is 29.3 Å². The van der Waals surface area contributed by atoms with E-state index in [-0.39, 0.29) is 5.91 Å². The largest absolute Gasteiger partial charge is 0.336 e. The summed E-state index contributed by atoms with van der Waals surface area (Å²) in [5, 5.41) is 3.93. The third-order valence-corrected chi connectivity index (χ3v) is 4.52. The van der Waals surface area contributed by atoms with Crippen molar-refractivity contribution in [3.05, 3.63) is 46.2 Å². The molecule has 0 saturated carbocycles. The van der Waals surface area contributed by atoms with E-state index in [0.29, 0.717) is 40.3 Å². The van der Waals surface area contributed by atoms with Crippen LogP contribution in [0.15, 0.2) is 30.6 Å². The van der Waals surface area contributed by atoms with Gasteiger partial charge in [0.25, 0.3) is 5.91 Å². The highest BCUT2D eigenvalue weighted by Gasteiger charge is 2.21. The van der Waals surface area contributed by atoms with Crippen LogP contribution in [0.3, 0.4) is 0 Å². The molecule has 126 valence electrons. The minimum absolute atomic E-state index is 0.0505. The van der Waals surface area contributed by atoms with E-state index in [9.17, 15) is 4.79 Å². The van der Waals surface area contributed by atoms with E-state index in [1.807, 2.05) is 11.9 Å². The van der Waals surface area contributed by atoms with Gasteiger partial charge in [0, 0.05) is 38.6 Å². The van der Waals surface area contributed by atoms with Gasteiger partial charge in [-0.25, -0.2) is 9.97 Å². The highest BCUT2D eigenvalue weighted by Crippen LogP contribution is 2.31. The van der Waals surface area contributed by atoms with E-state index >= 15 is 0 Å². The second-order valence-electron chi connectivity index (χ2n) is 5.61. The van der Waals surface area contributed by atoms with Crippen LogP contribution in [0.4, 0.5) is 11.6 Å². The summed E-state index contributed by atoms with van der Waals surface area (Å²) in [6.45, 7) is 3.17. The summed E-state index contributed by atoms with van der Waals surface area (Å²) in [4.78, 5) is 24.8. The number of amides is 1. The van der Waals surface area contributed by atoms with Crippen LogP contribution in [0.1, 0.15) is 10.4 Å². The Hall–Kier alpha value is -1.89. The Morgan fingerprint density at radius 2 is 1.67 bits per heavy atom. The molecule has 1 N–H and O–H groups in total. The number of nitrogens with one attached hydrogen (secondary N) is 1. The summed E-state index contributed by atoms with van der Waals surface area (Å²) < 4.78 is 0. The number of carbonyl (C=O) groups excluding carboxylic acids is 1. The topological polar surface area (TPSA) is 61.4 Å². The Kier molecular flexibility index (Phi) is 5.18. The van der Waals surface area contributed by atoms with Gasteiger partial charge in [0.1, 0.15) is 0 Å². The second kappa shape index (κ2) is 7.34. The number of piperazine rings is 1. The molecule has 0 atom stereocenters. The van der Waals surface area contributed by atoms with E-state index in [1.54, 1.807) is 18.2 Å². The smallest absolute Gasteiger partial charge is 0.257 e. The van der Waals surface area contributed by atoms with E-state index in [1.165, 1.54) is 12.4 Å². The number of aromatic nitrogens is 2. The fourth-order valence-electron chi connectivity index (χ4n) is 2.42. The summed E-state index contributed by atoms with van der Waals surface area (Å²) in [5.74, 6) is 0.283. The first-order valence-electron chi connectivity index (χ1n) is 7.55. The number of nitrogens with zero attached hydrogens (tertiary/aromatic N) is 4. The van der Waals surface area contributed by atoms with Gasteiger partial charge >= 0.3 is 0 Å². The highest BCUT2D eigenvalue weighted by molar-refractivity contribution is 6.39. The van der Waals surface area contributed by atoms with Crippen molar-refractivity contribution >= 4 is 40.7 Å². The van der Waals surface area contributed by atoms with E-state index < -0.39 is 0 Å². The third kappa shape index (κ3) is 3.77. The zero-order valence-electron chi connectivity index (χ0n) is 13.2. The first kappa shape index (κ1) is 17.0. The van der Waals surface area contributed by atoms with E-state index in [2.05, 4.69) is 20.2 Å². The summed E-state index contributed by atoms with van der Waals surface area (Å²) in [6.07, 6.45) is 3.03. The SMILES string of the molecule is CN1CCN(C(=O)c2cnc(Nc3c(Cl)cccc3Cl)nc2)CC1. The summed E-state index contributed by atoms with van der Waals surface area (Å²) in [6, 6.07) is 5.20. The molecule has 3 rings (SSSR count). The summed E-state index contributed by atoms with van der Waals surface area (Å²) in [5.41, 5.74) is 1.01. The molecule has 2 aromatic rings. The second-order valence-corrected chi connectivity index (χ2v) is 6.43. The minimum atomic E-state index is -0.0505. The number of halogens is 2. The molecule has 0 spiro atoms.